The molecule has 0 aliphatic heterocycles. The molecule has 1 saturated carbocycles. The lowest BCUT2D eigenvalue weighted by atomic mass is 10.4. The van der Waals surface area contributed by atoms with Crippen LogP contribution in [0, 0.1) is 0 Å². The first-order valence-corrected chi connectivity index (χ1v) is 7.44. The summed E-state index contributed by atoms with van der Waals surface area (Å²) < 4.78 is 5.33. The van der Waals surface area contributed by atoms with Crippen molar-refractivity contribution < 1.29 is 9.53 Å². The van der Waals surface area contributed by atoms with Crippen LogP contribution in [0.5, 0.6) is 0 Å². The Morgan fingerprint density at radius 1 is 1.29 bits per heavy atom. The van der Waals surface area contributed by atoms with Gasteiger partial charge < -0.3 is 20.7 Å². The Morgan fingerprint density at radius 2 is 2.00 bits per heavy atom. The van der Waals surface area contributed by atoms with E-state index in [9.17, 15) is 4.79 Å². The monoisotopic (exact) mass is 293 g/mol. The third kappa shape index (κ3) is 5.55. The van der Waals surface area contributed by atoms with Crippen LogP contribution in [-0.2, 0) is 16.1 Å². The molecule has 1 aliphatic carbocycles. The SMILES string of the molecule is CCNc1cc(NCC(=O)NC2CC2)nc(COCC)n1. The molecule has 0 aromatic carbocycles. The number of nitrogens with one attached hydrogen (secondary N) is 3. The molecule has 7 nitrogen and oxygen atoms in total. The molecule has 116 valence electrons. The second-order valence-electron chi connectivity index (χ2n) is 4.92. The fourth-order valence-corrected chi connectivity index (χ4v) is 1.79. The van der Waals surface area contributed by atoms with Gasteiger partial charge in [0.05, 0.1) is 6.54 Å². The smallest absolute Gasteiger partial charge is 0.239 e. The van der Waals surface area contributed by atoms with E-state index in [1.807, 2.05) is 13.8 Å². The maximum Gasteiger partial charge on any atom is 0.239 e. The molecule has 3 N–H and O–H groups in total. The molecule has 1 aromatic rings. The second kappa shape index (κ2) is 7.78. The number of carbonyl (C=O) groups excluding carboxylic acids is 1. The lowest BCUT2D eigenvalue weighted by Gasteiger charge is -2.10. The van der Waals surface area contributed by atoms with Crippen LogP contribution in [0.15, 0.2) is 6.07 Å². The molecule has 2 rings (SSSR count). The number of ether oxygens (including phenoxy) is 1. The van der Waals surface area contributed by atoms with Gasteiger partial charge in [0.2, 0.25) is 5.91 Å². The van der Waals surface area contributed by atoms with Gasteiger partial charge in [-0.25, -0.2) is 9.97 Å². The van der Waals surface area contributed by atoms with E-state index >= 15 is 0 Å². The normalized spacial score (nSPS) is 13.8. The van der Waals surface area contributed by atoms with Gasteiger partial charge in [-0.2, -0.15) is 0 Å². The summed E-state index contributed by atoms with van der Waals surface area (Å²) in [6, 6.07) is 2.17. The third-order valence-corrected chi connectivity index (χ3v) is 2.94. The van der Waals surface area contributed by atoms with Gasteiger partial charge in [0.25, 0.3) is 0 Å². The van der Waals surface area contributed by atoms with E-state index in [0.29, 0.717) is 30.9 Å². The number of hydrogen-bond acceptors (Lipinski definition) is 6. The predicted molar refractivity (Wildman–Crippen MR) is 81.2 cm³/mol. The van der Waals surface area contributed by atoms with Crippen molar-refractivity contribution in [2.75, 3.05) is 30.3 Å². The minimum atomic E-state index is -0.00697. The summed E-state index contributed by atoms with van der Waals surface area (Å²) >= 11 is 0. The zero-order valence-electron chi connectivity index (χ0n) is 12.6. The summed E-state index contributed by atoms with van der Waals surface area (Å²) in [7, 11) is 0. The first kappa shape index (κ1) is 15.5. The van der Waals surface area contributed by atoms with Gasteiger partial charge in [0, 0.05) is 25.3 Å². The zero-order valence-corrected chi connectivity index (χ0v) is 12.6. The number of rotatable bonds is 9. The van der Waals surface area contributed by atoms with E-state index in [2.05, 4.69) is 25.9 Å². The molecular formula is C14H23N5O2. The average Bonchev–Trinajstić information content (AvgIpc) is 3.27. The van der Waals surface area contributed by atoms with E-state index in [4.69, 9.17) is 4.74 Å². The van der Waals surface area contributed by atoms with E-state index in [0.717, 1.165) is 25.2 Å². The van der Waals surface area contributed by atoms with E-state index < -0.39 is 0 Å². The van der Waals surface area contributed by atoms with Crippen molar-refractivity contribution in [2.45, 2.75) is 39.3 Å². The molecule has 0 spiro atoms. The van der Waals surface area contributed by atoms with Gasteiger partial charge in [-0.1, -0.05) is 0 Å². The lowest BCUT2D eigenvalue weighted by molar-refractivity contribution is -0.119. The van der Waals surface area contributed by atoms with Crippen molar-refractivity contribution >= 4 is 17.5 Å². The van der Waals surface area contributed by atoms with Gasteiger partial charge >= 0.3 is 0 Å². The highest BCUT2D eigenvalue weighted by atomic mass is 16.5. The van der Waals surface area contributed by atoms with Gasteiger partial charge in [-0.15, -0.1) is 0 Å². The first-order chi connectivity index (χ1) is 10.2. The molecule has 21 heavy (non-hydrogen) atoms. The van der Waals surface area contributed by atoms with Crippen LogP contribution >= 0.6 is 0 Å². The van der Waals surface area contributed by atoms with E-state index in [-0.39, 0.29) is 12.5 Å². The Bertz CT molecular complexity index is 476. The molecule has 0 atom stereocenters. The highest BCUT2D eigenvalue weighted by Gasteiger charge is 2.22. The lowest BCUT2D eigenvalue weighted by Crippen LogP contribution is -2.31. The van der Waals surface area contributed by atoms with Crippen molar-refractivity contribution in [2.24, 2.45) is 0 Å². The topological polar surface area (TPSA) is 88.2 Å². The van der Waals surface area contributed by atoms with Crippen LogP contribution in [0.3, 0.4) is 0 Å². The maximum absolute atomic E-state index is 11.7. The molecule has 7 heteroatoms. The highest BCUT2D eigenvalue weighted by Crippen LogP contribution is 2.18. The highest BCUT2D eigenvalue weighted by molar-refractivity contribution is 5.81. The molecule has 0 unspecified atom stereocenters. The number of hydrogen-bond donors (Lipinski definition) is 3. The molecule has 1 fully saturated rings. The standard InChI is InChI=1S/C14H23N5O2/c1-3-15-11-7-12(19-13(18-11)9-21-4-2)16-8-14(20)17-10-5-6-10/h7,10H,3-6,8-9H2,1-2H3,(H,17,20)(H2,15,16,18,19). The average molecular weight is 293 g/mol. The first-order valence-electron chi connectivity index (χ1n) is 7.44. The Labute approximate surface area is 124 Å². The molecule has 1 heterocycles. The summed E-state index contributed by atoms with van der Waals surface area (Å²) in [6.45, 7) is 5.88. The minimum Gasteiger partial charge on any atom is -0.374 e. The predicted octanol–water partition coefficient (Wildman–Crippen LogP) is 1.14. The summed E-state index contributed by atoms with van der Waals surface area (Å²) in [5, 5.41) is 9.11. The Balaban J connectivity index is 1.94. The Morgan fingerprint density at radius 3 is 2.62 bits per heavy atom. The van der Waals surface area contributed by atoms with Crippen molar-refractivity contribution in [3.05, 3.63) is 11.9 Å². The number of nitrogens with zero attached hydrogens (tertiary/aromatic N) is 2. The van der Waals surface area contributed by atoms with Crippen LogP contribution in [-0.4, -0.2) is 41.6 Å². The Hall–Kier alpha value is -1.89. The zero-order chi connectivity index (χ0) is 15.1. The maximum atomic E-state index is 11.7. The third-order valence-electron chi connectivity index (χ3n) is 2.94. The molecule has 1 aromatic heterocycles. The molecule has 1 amide bonds. The van der Waals surface area contributed by atoms with Crippen molar-refractivity contribution in [1.82, 2.24) is 15.3 Å². The number of carbonyl (C=O) groups is 1. The van der Waals surface area contributed by atoms with Gasteiger partial charge in [-0.05, 0) is 26.7 Å². The van der Waals surface area contributed by atoms with Crippen molar-refractivity contribution in [3.63, 3.8) is 0 Å². The van der Waals surface area contributed by atoms with Crippen LogP contribution in [0.2, 0.25) is 0 Å². The number of anilines is 2. The summed E-state index contributed by atoms with van der Waals surface area (Å²) in [5.74, 6) is 1.95. The summed E-state index contributed by atoms with van der Waals surface area (Å²) in [6.07, 6.45) is 2.17. The molecule has 0 radical (unpaired) electrons. The van der Waals surface area contributed by atoms with Crippen molar-refractivity contribution in [3.8, 4) is 0 Å². The van der Waals surface area contributed by atoms with Crippen LogP contribution in [0.4, 0.5) is 11.6 Å². The Kier molecular flexibility index (Phi) is 5.74. The molecule has 0 bridgehead atoms. The molecule has 1 aliphatic rings. The van der Waals surface area contributed by atoms with Crippen molar-refractivity contribution in [1.29, 1.82) is 0 Å². The molecular weight excluding hydrogens is 270 g/mol. The van der Waals surface area contributed by atoms with Crippen LogP contribution in [0.1, 0.15) is 32.5 Å². The van der Waals surface area contributed by atoms with Crippen LogP contribution < -0.4 is 16.0 Å². The summed E-state index contributed by atoms with van der Waals surface area (Å²) in [4.78, 5) is 20.4. The quantitative estimate of drug-likeness (QED) is 0.633. The summed E-state index contributed by atoms with van der Waals surface area (Å²) in [5.41, 5.74) is 0. The minimum absolute atomic E-state index is 0.00697. The fraction of sp³-hybridized carbons (Fsp3) is 0.643. The molecule has 0 saturated heterocycles. The van der Waals surface area contributed by atoms with Gasteiger partial charge in [0.15, 0.2) is 5.82 Å². The fourth-order valence-electron chi connectivity index (χ4n) is 1.79. The number of aromatic nitrogens is 2. The number of amides is 1. The van der Waals surface area contributed by atoms with Crippen LogP contribution in [0.25, 0.3) is 0 Å². The van der Waals surface area contributed by atoms with E-state index in [1.54, 1.807) is 6.07 Å². The largest absolute Gasteiger partial charge is 0.374 e. The van der Waals surface area contributed by atoms with E-state index in [1.165, 1.54) is 0 Å². The van der Waals surface area contributed by atoms with Gasteiger partial charge in [-0.3, -0.25) is 4.79 Å². The van der Waals surface area contributed by atoms with Gasteiger partial charge in [0.1, 0.15) is 18.2 Å². The second-order valence-corrected chi connectivity index (χ2v) is 4.92.